The Morgan fingerprint density at radius 2 is 1.94 bits per heavy atom. The van der Waals surface area contributed by atoms with Gasteiger partial charge in [-0.2, -0.15) is 0 Å². The van der Waals surface area contributed by atoms with Crippen molar-refractivity contribution < 1.29 is 9.90 Å². The molecular formula is C14H14O2. The quantitative estimate of drug-likeness (QED) is 0.784. The fourth-order valence-corrected chi connectivity index (χ4v) is 2.44. The van der Waals surface area contributed by atoms with Gasteiger partial charge in [-0.1, -0.05) is 24.3 Å². The fourth-order valence-electron chi connectivity index (χ4n) is 2.44. The van der Waals surface area contributed by atoms with Gasteiger partial charge in [-0.05, 0) is 30.4 Å². The van der Waals surface area contributed by atoms with Crippen LogP contribution in [0.15, 0.2) is 24.3 Å². The van der Waals surface area contributed by atoms with Gasteiger partial charge in [0, 0.05) is 6.42 Å². The zero-order chi connectivity index (χ0) is 11.6. The fraction of sp³-hybridized carbons (Fsp3) is 0.357. The van der Waals surface area contributed by atoms with Crippen molar-refractivity contribution in [2.24, 2.45) is 5.41 Å². The highest BCUT2D eigenvalue weighted by molar-refractivity contribution is 5.77. The van der Waals surface area contributed by atoms with E-state index in [0.717, 1.165) is 11.1 Å². The van der Waals surface area contributed by atoms with Crippen LogP contribution in [-0.2, 0) is 17.6 Å². The van der Waals surface area contributed by atoms with Gasteiger partial charge in [0.25, 0.3) is 0 Å². The van der Waals surface area contributed by atoms with Crippen molar-refractivity contribution in [3.63, 3.8) is 0 Å². The summed E-state index contributed by atoms with van der Waals surface area (Å²) >= 11 is 0. The van der Waals surface area contributed by atoms with E-state index in [0.29, 0.717) is 25.7 Å². The average Bonchev–Trinajstić information content (AvgIpc) is 2.66. The second-order valence-electron chi connectivity index (χ2n) is 4.41. The standard InChI is InChI=1S/C14H14O2/c1-2-3-8-14(13(15)16)9-11-6-4-5-7-12(11)10-14/h1,4-7H,3,8-10H2,(H,15,16). The van der Waals surface area contributed by atoms with Crippen LogP contribution >= 0.6 is 0 Å². The third-order valence-electron chi connectivity index (χ3n) is 3.38. The maximum absolute atomic E-state index is 11.4. The number of carbonyl (C=O) groups is 1. The van der Waals surface area contributed by atoms with Gasteiger partial charge in [0.1, 0.15) is 0 Å². The van der Waals surface area contributed by atoms with Crippen molar-refractivity contribution in [2.75, 3.05) is 0 Å². The van der Waals surface area contributed by atoms with Gasteiger partial charge in [0.05, 0.1) is 5.41 Å². The Labute approximate surface area is 95.3 Å². The molecule has 0 aliphatic heterocycles. The molecule has 0 aromatic heterocycles. The molecule has 0 amide bonds. The summed E-state index contributed by atoms with van der Waals surface area (Å²) in [6.45, 7) is 0. The molecule has 1 aliphatic carbocycles. The number of carboxylic acid groups (broad SMARTS) is 1. The Hall–Kier alpha value is -1.75. The lowest BCUT2D eigenvalue weighted by Crippen LogP contribution is -2.31. The minimum atomic E-state index is -0.723. The predicted molar refractivity (Wildman–Crippen MR) is 62.0 cm³/mol. The molecule has 0 bridgehead atoms. The summed E-state index contributed by atoms with van der Waals surface area (Å²) in [5.41, 5.74) is 1.64. The Morgan fingerprint density at radius 1 is 1.38 bits per heavy atom. The molecule has 82 valence electrons. The molecule has 2 rings (SSSR count). The van der Waals surface area contributed by atoms with Crippen LogP contribution in [0, 0.1) is 17.8 Å². The van der Waals surface area contributed by atoms with E-state index in [-0.39, 0.29) is 0 Å². The highest BCUT2D eigenvalue weighted by Gasteiger charge is 2.43. The maximum atomic E-state index is 11.4. The summed E-state index contributed by atoms with van der Waals surface area (Å²) in [5, 5.41) is 9.39. The van der Waals surface area contributed by atoms with E-state index >= 15 is 0 Å². The molecule has 2 heteroatoms. The molecule has 0 heterocycles. The van der Waals surface area contributed by atoms with Crippen LogP contribution < -0.4 is 0 Å². The summed E-state index contributed by atoms with van der Waals surface area (Å²) in [5.74, 6) is 1.81. The highest BCUT2D eigenvalue weighted by Crippen LogP contribution is 2.40. The number of carboxylic acids is 1. The molecule has 0 saturated carbocycles. The monoisotopic (exact) mass is 214 g/mol. The Kier molecular flexibility index (Phi) is 2.70. The van der Waals surface area contributed by atoms with E-state index in [9.17, 15) is 9.90 Å². The number of benzene rings is 1. The molecule has 1 aromatic rings. The van der Waals surface area contributed by atoms with Crippen molar-refractivity contribution in [3.05, 3.63) is 35.4 Å². The first-order chi connectivity index (χ1) is 7.68. The lowest BCUT2D eigenvalue weighted by atomic mass is 9.80. The van der Waals surface area contributed by atoms with E-state index < -0.39 is 11.4 Å². The van der Waals surface area contributed by atoms with Gasteiger partial charge in [0.15, 0.2) is 0 Å². The van der Waals surface area contributed by atoms with E-state index in [1.807, 2.05) is 24.3 Å². The zero-order valence-electron chi connectivity index (χ0n) is 9.07. The van der Waals surface area contributed by atoms with Gasteiger partial charge < -0.3 is 5.11 Å². The first-order valence-corrected chi connectivity index (χ1v) is 5.42. The predicted octanol–water partition coefficient (Wildman–Crippen LogP) is 2.27. The summed E-state index contributed by atoms with van der Waals surface area (Å²) in [7, 11) is 0. The number of hydrogen-bond donors (Lipinski definition) is 1. The van der Waals surface area contributed by atoms with Crippen LogP contribution in [0.3, 0.4) is 0 Å². The zero-order valence-corrected chi connectivity index (χ0v) is 9.07. The van der Waals surface area contributed by atoms with Gasteiger partial charge in [-0.3, -0.25) is 4.79 Å². The van der Waals surface area contributed by atoms with Crippen molar-refractivity contribution in [1.82, 2.24) is 0 Å². The summed E-state index contributed by atoms with van der Waals surface area (Å²) in [6, 6.07) is 7.93. The van der Waals surface area contributed by atoms with Gasteiger partial charge in [0.2, 0.25) is 0 Å². The van der Waals surface area contributed by atoms with Crippen molar-refractivity contribution in [1.29, 1.82) is 0 Å². The average molecular weight is 214 g/mol. The number of aliphatic carboxylic acids is 1. The SMILES string of the molecule is C#CCCC1(C(=O)O)Cc2ccccc2C1. The molecule has 1 aromatic carbocycles. The van der Waals surface area contributed by atoms with Crippen LogP contribution in [0.2, 0.25) is 0 Å². The molecule has 1 aliphatic rings. The van der Waals surface area contributed by atoms with E-state index in [4.69, 9.17) is 6.42 Å². The maximum Gasteiger partial charge on any atom is 0.310 e. The van der Waals surface area contributed by atoms with Gasteiger partial charge in [-0.25, -0.2) is 0 Å². The smallest absolute Gasteiger partial charge is 0.310 e. The number of fused-ring (bicyclic) bond motifs is 1. The first-order valence-electron chi connectivity index (χ1n) is 5.42. The summed E-state index contributed by atoms with van der Waals surface area (Å²) < 4.78 is 0. The Balaban J connectivity index is 2.28. The molecule has 0 radical (unpaired) electrons. The van der Waals surface area contributed by atoms with Crippen molar-refractivity contribution in [2.45, 2.75) is 25.7 Å². The summed E-state index contributed by atoms with van der Waals surface area (Å²) in [6.07, 6.45) is 7.54. The van der Waals surface area contributed by atoms with Gasteiger partial charge in [-0.15, -0.1) is 12.3 Å². The molecule has 0 unspecified atom stereocenters. The lowest BCUT2D eigenvalue weighted by Gasteiger charge is -2.22. The molecular weight excluding hydrogens is 200 g/mol. The molecule has 0 saturated heterocycles. The third kappa shape index (κ3) is 1.69. The summed E-state index contributed by atoms with van der Waals surface area (Å²) in [4.78, 5) is 11.4. The highest BCUT2D eigenvalue weighted by atomic mass is 16.4. The van der Waals surface area contributed by atoms with E-state index in [2.05, 4.69) is 5.92 Å². The molecule has 2 nitrogen and oxygen atoms in total. The largest absolute Gasteiger partial charge is 0.481 e. The Bertz CT molecular complexity index is 429. The van der Waals surface area contributed by atoms with Crippen molar-refractivity contribution in [3.8, 4) is 12.3 Å². The minimum Gasteiger partial charge on any atom is -0.481 e. The normalized spacial score (nSPS) is 16.4. The van der Waals surface area contributed by atoms with Gasteiger partial charge >= 0.3 is 5.97 Å². The number of hydrogen-bond acceptors (Lipinski definition) is 1. The molecule has 0 atom stereocenters. The van der Waals surface area contributed by atoms with Crippen LogP contribution in [0.5, 0.6) is 0 Å². The molecule has 0 fully saturated rings. The number of rotatable bonds is 3. The van der Waals surface area contributed by atoms with Crippen LogP contribution in [-0.4, -0.2) is 11.1 Å². The van der Waals surface area contributed by atoms with Crippen LogP contribution in [0.1, 0.15) is 24.0 Å². The second kappa shape index (κ2) is 4.02. The second-order valence-corrected chi connectivity index (χ2v) is 4.41. The third-order valence-corrected chi connectivity index (χ3v) is 3.38. The van der Waals surface area contributed by atoms with Crippen LogP contribution in [0.4, 0.5) is 0 Å². The molecule has 16 heavy (non-hydrogen) atoms. The topological polar surface area (TPSA) is 37.3 Å². The Morgan fingerprint density at radius 3 is 2.38 bits per heavy atom. The van der Waals surface area contributed by atoms with E-state index in [1.165, 1.54) is 0 Å². The number of terminal acetylenes is 1. The lowest BCUT2D eigenvalue weighted by molar-refractivity contribution is -0.148. The molecule has 0 spiro atoms. The first kappa shape index (κ1) is 10.8. The van der Waals surface area contributed by atoms with E-state index in [1.54, 1.807) is 0 Å². The molecule has 1 N–H and O–H groups in total. The minimum absolute atomic E-state index is 0.528. The van der Waals surface area contributed by atoms with Crippen LogP contribution in [0.25, 0.3) is 0 Å². The van der Waals surface area contributed by atoms with Crippen molar-refractivity contribution >= 4 is 5.97 Å².